The highest BCUT2D eigenvalue weighted by atomic mass is 16.5. The molecule has 1 aliphatic carbocycles. The van der Waals surface area contributed by atoms with Gasteiger partial charge in [0.15, 0.2) is 6.61 Å². The number of esters is 1. The van der Waals surface area contributed by atoms with Crippen molar-refractivity contribution in [1.29, 1.82) is 0 Å². The predicted octanol–water partition coefficient (Wildman–Crippen LogP) is 2.10. The van der Waals surface area contributed by atoms with Gasteiger partial charge >= 0.3 is 5.97 Å². The van der Waals surface area contributed by atoms with Crippen LogP contribution in [0.3, 0.4) is 0 Å². The van der Waals surface area contributed by atoms with E-state index < -0.39 is 11.9 Å². The van der Waals surface area contributed by atoms with Gasteiger partial charge in [-0.25, -0.2) is 0 Å². The zero-order chi connectivity index (χ0) is 19.1. The molecule has 6 heteroatoms. The maximum Gasteiger partial charge on any atom is 0.314 e. The molecule has 0 heterocycles. The number of ether oxygens (including phenoxy) is 1. The Morgan fingerprint density at radius 1 is 1.23 bits per heavy atom. The number of hydrogen-bond donors (Lipinski definition) is 1. The molecule has 2 amide bonds. The van der Waals surface area contributed by atoms with Crippen LogP contribution in [0.5, 0.6) is 0 Å². The Morgan fingerprint density at radius 3 is 2.46 bits per heavy atom. The Morgan fingerprint density at radius 2 is 1.88 bits per heavy atom. The standard InChI is InChI=1S/C20H28N2O4/c1-4-14(2)19(15-8-6-5-7-9-15)20(25)26-13-18(24)22(3)12-17(23)21-16-10-11-16/h5-9,14,16,19H,4,10-13H2,1-3H3,(H,21,23)/t14-,19-/m0/s1. The second-order valence-electron chi connectivity index (χ2n) is 6.97. The van der Waals surface area contributed by atoms with Crippen molar-refractivity contribution in [2.75, 3.05) is 20.2 Å². The molecule has 0 unspecified atom stereocenters. The number of nitrogens with one attached hydrogen (secondary N) is 1. The van der Waals surface area contributed by atoms with E-state index in [1.54, 1.807) is 0 Å². The molecule has 1 aromatic carbocycles. The van der Waals surface area contributed by atoms with Gasteiger partial charge < -0.3 is 15.0 Å². The highest BCUT2D eigenvalue weighted by molar-refractivity contribution is 5.87. The normalized spacial score (nSPS) is 15.7. The Labute approximate surface area is 154 Å². The van der Waals surface area contributed by atoms with Crippen molar-refractivity contribution in [2.45, 2.75) is 45.1 Å². The number of nitrogens with zero attached hydrogens (tertiary/aromatic N) is 1. The Kier molecular flexibility index (Phi) is 7.18. The number of benzene rings is 1. The number of carbonyl (C=O) groups is 3. The summed E-state index contributed by atoms with van der Waals surface area (Å²) in [7, 11) is 1.53. The van der Waals surface area contributed by atoms with E-state index >= 15 is 0 Å². The smallest absolute Gasteiger partial charge is 0.314 e. The highest BCUT2D eigenvalue weighted by Gasteiger charge is 2.28. The first-order valence-electron chi connectivity index (χ1n) is 9.17. The highest BCUT2D eigenvalue weighted by Crippen LogP contribution is 2.28. The lowest BCUT2D eigenvalue weighted by molar-refractivity contribution is -0.154. The summed E-state index contributed by atoms with van der Waals surface area (Å²) in [6.45, 7) is 3.63. The second kappa shape index (κ2) is 9.36. The summed E-state index contributed by atoms with van der Waals surface area (Å²) in [5.74, 6) is -1.29. The summed E-state index contributed by atoms with van der Waals surface area (Å²) >= 11 is 0. The summed E-state index contributed by atoms with van der Waals surface area (Å²) in [6.07, 6.45) is 2.82. The van der Waals surface area contributed by atoms with Crippen LogP contribution in [0.4, 0.5) is 0 Å². The molecule has 0 radical (unpaired) electrons. The zero-order valence-corrected chi connectivity index (χ0v) is 15.7. The van der Waals surface area contributed by atoms with Crippen molar-refractivity contribution in [1.82, 2.24) is 10.2 Å². The van der Waals surface area contributed by atoms with Crippen LogP contribution in [0.25, 0.3) is 0 Å². The van der Waals surface area contributed by atoms with E-state index in [1.807, 2.05) is 44.2 Å². The topological polar surface area (TPSA) is 75.7 Å². The number of carbonyl (C=O) groups excluding carboxylic acids is 3. The van der Waals surface area contributed by atoms with Gasteiger partial charge in [-0.15, -0.1) is 0 Å². The fourth-order valence-electron chi connectivity index (χ4n) is 2.73. The van der Waals surface area contributed by atoms with E-state index in [-0.39, 0.29) is 36.9 Å². The first-order valence-corrected chi connectivity index (χ1v) is 9.17. The van der Waals surface area contributed by atoms with Crippen molar-refractivity contribution in [2.24, 2.45) is 5.92 Å². The lowest BCUT2D eigenvalue weighted by Gasteiger charge is -2.22. The largest absolute Gasteiger partial charge is 0.455 e. The van der Waals surface area contributed by atoms with Gasteiger partial charge in [-0.1, -0.05) is 50.6 Å². The summed E-state index contributed by atoms with van der Waals surface area (Å²) < 4.78 is 5.28. The van der Waals surface area contributed by atoms with Crippen LogP contribution in [0.15, 0.2) is 30.3 Å². The third-order valence-corrected chi connectivity index (χ3v) is 4.71. The van der Waals surface area contributed by atoms with Gasteiger partial charge in [0.25, 0.3) is 5.91 Å². The minimum absolute atomic E-state index is 0.0274. The third kappa shape index (κ3) is 5.86. The lowest BCUT2D eigenvalue weighted by Crippen LogP contribution is -2.41. The molecule has 26 heavy (non-hydrogen) atoms. The minimum atomic E-state index is -0.408. The molecule has 1 N–H and O–H groups in total. The zero-order valence-electron chi connectivity index (χ0n) is 15.7. The van der Waals surface area contributed by atoms with E-state index in [4.69, 9.17) is 4.74 Å². The molecule has 142 valence electrons. The molecule has 6 nitrogen and oxygen atoms in total. The molecule has 1 saturated carbocycles. The molecule has 0 bridgehead atoms. The quantitative estimate of drug-likeness (QED) is 0.684. The third-order valence-electron chi connectivity index (χ3n) is 4.71. The van der Waals surface area contributed by atoms with Crippen molar-refractivity contribution >= 4 is 17.8 Å². The van der Waals surface area contributed by atoms with Crippen LogP contribution >= 0.6 is 0 Å². The molecule has 1 aromatic rings. The molecule has 1 fully saturated rings. The fraction of sp³-hybridized carbons (Fsp3) is 0.550. The lowest BCUT2D eigenvalue weighted by atomic mass is 9.86. The van der Waals surface area contributed by atoms with Crippen LogP contribution in [0.1, 0.15) is 44.6 Å². The summed E-state index contributed by atoms with van der Waals surface area (Å²) in [5, 5.41) is 2.83. The van der Waals surface area contributed by atoms with Gasteiger partial charge in [0, 0.05) is 13.1 Å². The van der Waals surface area contributed by atoms with Crippen molar-refractivity contribution in [3.63, 3.8) is 0 Å². The van der Waals surface area contributed by atoms with Gasteiger partial charge in [-0.2, -0.15) is 0 Å². The first-order chi connectivity index (χ1) is 12.4. The van der Waals surface area contributed by atoms with Gasteiger partial charge in [0.2, 0.25) is 5.91 Å². The molecule has 0 aromatic heterocycles. The van der Waals surface area contributed by atoms with Gasteiger partial charge in [0.1, 0.15) is 0 Å². The van der Waals surface area contributed by atoms with Crippen LogP contribution < -0.4 is 5.32 Å². The summed E-state index contributed by atoms with van der Waals surface area (Å²) in [4.78, 5) is 37.8. The van der Waals surface area contributed by atoms with Crippen LogP contribution in [-0.2, 0) is 19.1 Å². The second-order valence-corrected chi connectivity index (χ2v) is 6.97. The number of likely N-dealkylation sites (N-methyl/N-ethyl adjacent to an activating group) is 1. The SMILES string of the molecule is CC[C@H](C)[C@H](C(=O)OCC(=O)N(C)CC(=O)NC1CC1)c1ccccc1. The molecule has 2 rings (SSSR count). The van der Waals surface area contributed by atoms with Crippen LogP contribution in [0, 0.1) is 5.92 Å². The van der Waals surface area contributed by atoms with E-state index in [2.05, 4.69) is 5.32 Å². The molecule has 2 atom stereocenters. The van der Waals surface area contributed by atoms with Crippen LogP contribution in [0.2, 0.25) is 0 Å². The summed E-state index contributed by atoms with van der Waals surface area (Å²) in [5.41, 5.74) is 0.886. The predicted molar refractivity (Wildman–Crippen MR) is 98.4 cm³/mol. The van der Waals surface area contributed by atoms with E-state index in [9.17, 15) is 14.4 Å². The number of amides is 2. The summed E-state index contributed by atoms with van der Waals surface area (Å²) in [6, 6.07) is 9.71. The maximum atomic E-state index is 12.6. The van der Waals surface area contributed by atoms with Gasteiger partial charge in [-0.05, 0) is 24.3 Å². The maximum absolute atomic E-state index is 12.6. The van der Waals surface area contributed by atoms with E-state index in [1.165, 1.54) is 11.9 Å². The molecule has 0 saturated heterocycles. The van der Waals surface area contributed by atoms with Crippen molar-refractivity contribution < 1.29 is 19.1 Å². The molecular weight excluding hydrogens is 332 g/mol. The minimum Gasteiger partial charge on any atom is -0.455 e. The average molecular weight is 360 g/mol. The van der Waals surface area contributed by atoms with Crippen molar-refractivity contribution in [3.05, 3.63) is 35.9 Å². The van der Waals surface area contributed by atoms with E-state index in [0.29, 0.717) is 0 Å². The number of rotatable bonds is 9. The van der Waals surface area contributed by atoms with Crippen LogP contribution in [-0.4, -0.2) is 48.9 Å². The Balaban J connectivity index is 1.87. The van der Waals surface area contributed by atoms with Gasteiger partial charge in [-0.3, -0.25) is 14.4 Å². The number of hydrogen-bond acceptors (Lipinski definition) is 4. The van der Waals surface area contributed by atoms with Crippen molar-refractivity contribution in [3.8, 4) is 0 Å². The van der Waals surface area contributed by atoms with E-state index in [0.717, 1.165) is 24.8 Å². The Bertz CT molecular complexity index is 628. The molecule has 0 spiro atoms. The van der Waals surface area contributed by atoms with Gasteiger partial charge in [0.05, 0.1) is 12.5 Å². The monoisotopic (exact) mass is 360 g/mol. The molecular formula is C20H28N2O4. The fourth-order valence-corrected chi connectivity index (χ4v) is 2.73. The molecule has 1 aliphatic rings. The Hall–Kier alpha value is -2.37. The first kappa shape index (κ1) is 19.9. The average Bonchev–Trinajstić information content (AvgIpc) is 3.44. The molecule has 0 aliphatic heterocycles.